The van der Waals surface area contributed by atoms with Crippen molar-refractivity contribution in [1.29, 1.82) is 0 Å². The number of pyridine rings is 1. The second-order valence-corrected chi connectivity index (χ2v) is 10.1. The minimum atomic E-state index is -0.225. The molecule has 0 saturated carbocycles. The number of hydrogen-bond acceptors (Lipinski definition) is 7. The number of allylic oxidation sites excluding steroid dienone is 1. The number of ketones is 1. The van der Waals surface area contributed by atoms with Crippen molar-refractivity contribution in [2.24, 2.45) is 0 Å². The number of aromatic nitrogens is 1. The van der Waals surface area contributed by atoms with Crippen molar-refractivity contribution in [3.63, 3.8) is 0 Å². The molecule has 3 aliphatic heterocycles. The van der Waals surface area contributed by atoms with Crippen molar-refractivity contribution in [1.82, 2.24) is 9.88 Å². The van der Waals surface area contributed by atoms with Gasteiger partial charge in [0, 0.05) is 41.1 Å². The van der Waals surface area contributed by atoms with E-state index in [1.54, 1.807) is 30.5 Å². The first-order valence-corrected chi connectivity index (χ1v) is 12.8. The van der Waals surface area contributed by atoms with Crippen LogP contribution in [0.5, 0.6) is 17.2 Å². The number of Topliss-reactive ketones (excluding diaryl/α,β-unsaturated/α-hetero) is 1. The van der Waals surface area contributed by atoms with Crippen LogP contribution in [0.15, 0.2) is 48.5 Å². The Labute approximate surface area is 220 Å². The number of fused-ring (bicyclic) bond motifs is 2. The number of carbonyl (C=O) groups excluding carboxylic acids is 1. The summed E-state index contributed by atoms with van der Waals surface area (Å²) in [6.45, 7) is 3.67. The topological polar surface area (TPSA) is 81.1 Å². The maximum absolute atomic E-state index is 13.5. The van der Waals surface area contributed by atoms with Gasteiger partial charge in [-0.15, -0.1) is 0 Å². The molecule has 3 aromatic rings. The van der Waals surface area contributed by atoms with E-state index in [9.17, 15) is 9.90 Å². The number of hydrogen-bond donors (Lipinski definition) is 1. The van der Waals surface area contributed by atoms with E-state index in [-0.39, 0.29) is 30.1 Å². The van der Waals surface area contributed by atoms with E-state index in [2.05, 4.69) is 16.0 Å². The van der Waals surface area contributed by atoms with E-state index >= 15 is 0 Å². The number of phenolic OH excluding ortho intramolecular Hbond substituents is 1. The SMILES string of the molecule is Cc1cc(O)c(CN2CCCC[C@H]2c2cccnc2)c2c1C(=O)/C(=C/c1cc(Cl)cc3c1OCOC3)O2. The van der Waals surface area contributed by atoms with Crippen molar-refractivity contribution in [3.8, 4) is 17.2 Å². The predicted molar refractivity (Wildman–Crippen MR) is 139 cm³/mol. The molecular formula is C29H27ClN2O5. The van der Waals surface area contributed by atoms with Gasteiger partial charge in [-0.2, -0.15) is 0 Å². The molecule has 0 amide bonds. The first-order valence-electron chi connectivity index (χ1n) is 12.5. The third-order valence-corrected chi connectivity index (χ3v) is 7.47. The van der Waals surface area contributed by atoms with Gasteiger partial charge in [0.15, 0.2) is 12.6 Å². The Morgan fingerprint density at radius 1 is 1.24 bits per heavy atom. The largest absolute Gasteiger partial charge is 0.507 e. The molecule has 1 aromatic heterocycles. The summed E-state index contributed by atoms with van der Waals surface area (Å²) in [6, 6.07) is 9.42. The molecule has 8 heteroatoms. The molecule has 1 fully saturated rings. The summed E-state index contributed by atoms with van der Waals surface area (Å²) in [5.74, 6) is 1.12. The normalized spacial score (nSPS) is 20.3. The standard InChI is InChI=1S/C29H27ClN2O5/c1-17-9-24(33)22(14-32-8-3-2-6-23(32)18-5-4-7-31-13-18)29-26(17)27(34)25(37-29)12-19-10-21(30)11-20-15-35-16-36-28(19)20/h4-5,7,9-13,23,33H,2-3,6,8,14-16H2,1H3/b25-12-/t23-/m0/s1. The van der Waals surface area contributed by atoms with Gasteiger partial charge in [-0.25, -0.2) is 0 Å². The number of likely N-dealkylation sites (tertiary alicyclic amines) is 1. The van der Waals surface area contributed by atoms with Gasteiger partial charge in [-0.05, 0) is 67.8 Å². The summed E-state index contributed by atoms with van der Waals surface area (Å²) in [4.78, 5) is 20.2. The number of benzene rings is 2. The number of ether oxygens (including phenoxy) is 3. The van der Waals surface area contributed by atoms with Crippen LogP contribution in [-0.2, 0) is 17.9 Å². The van der Waals surface area contributed by atoms with Gasteiger partial charge >= 0.3 is 0 Å². The van der Waals surface area contributed by atoms with Crippen molar-refractivity contribution < 1.29 is 24.1 Å². The summed E-state index contributed by atoms with van der Waals surface area (Å²) < 4.78 is 17.3. The van der Waals surface area contributed by atoms with Crippen LogP contribution in [0, 0.1) is 6.92 Å². The van der Waals surface area contributed by atoms with Gasteiger partial charge in [-0.1, -0.05) is 24.1 Å². The third kappa shape index (κ3) is 4.48. The number of nitrogens with zero attached hydrogens (tertiary/aromatic N) is 2. The molecule has 3 aliphatic rings. The summed E-state index contributed by atoms with van der Waals surface area (Å²) >= 11 is 6.33. The van der Waals surface area contributed by atoms with Crippen molar-refractivity contribution >= 4 is 23.5 Å². The van der Waals surface area contributed by atoms with Gasteiger partial charge < -0.3 is 19.3 Å². The van der Waals surface area contributed by atoms with Gasteiger partial charge in [0.2, 0.25) is 5.78 Å². The minimum Gasteiger partial charge on any atom is -0.507 e. The van der Waals surface area contributed by atoms with E-state index in [1.165, 1.54) is 0 Å². The molecule has 6 rings (SSSR count). The summed E-state index contributed by atoms with van der Waals surface area (Å²) in [5.41, 5.74) is 4.38. The van der Waals surface area contributed by atoms with Crippen molar-refractivity contribution in [3.05, 3.63) is 86.9 Å². The van der Waals surface area contributed by atoms with Crippen LogP contribution < -0.4 is 9.47 Å². The molecule has 1 atom stereocenters. The molecule has 0 radical (unpaired) electrons. The van der Waals surface area contributed by atoms with Crippen LogP contribution in [0.2, 0.25) is 5.02 Å². The van der Waals surface area contributed by atoms with Crippen LogP contribution in [-0.4, -0.2) is 34.1 Å². The monoisotopic (exact) mass is 518 g/mol. The Hall–Kier alpha value is -3.39. The van der Waals surface area contributed by atoms with Crippen LogP contribution in [0.1, 0.15) is 63.5 Å². The van der Waals surface area contributed by atoms with E-state index in [0.717, 1.165) is 36.9 Å². The summed E-state index contributed by atoms with van der Waals surface area (Å²) in [7, 11) is 0. The number of rotatable bonds is 4. The van der Waals surface area contributed by atoms with E-state index in [1.807, 2.05) is 19.2 Å². The highest BCUT2D eigenvalue weighted by Crippen LogP contribution is 2.44. The molecule has 1 N–H and O–H groups in total. The average molecular weight is 519 g/mol. The molecule has 0 bridgehead atoms. The quantitative estimate of drug-likeness (QED) is 0.427. The molecule has 4 heterocycles. The number of piperidine rings is 1. The maximum Gasteiger partial charge on any atom is 0.232 e. The number of carbonyl (C=O) groups is 1. The molecule has 0 spiro atoms. The van der Waals surface area contributed by atoms with Gasteiger partial charge in [-0.3, -0.25) is 14.7 Å². The predicted octanol–water partition coefficient (Wildman–Crippen LogP) is 5.96. The molecule has 37 heavy (non-hydrogen) atoms. The lowest BCUT2D eigenvalue weighted by Crippen LogP contribution is -2.33. The fourth-order valence-electron chi connectivity index (χ4n) is 5.52. The number of phenols is 1. The van der Waals surface area contributed by atoms with Crippen LogP contribution in [0.25, 0.3) is 6.08 Å². The molecule has 1 saturated heterocycles. The molecular weight excluding hydrogens is 492 g/mol. The highest BCUT2D eigenvalue weighted by molar-refractivity contribution is 6.31. The van der Waals surface area contributed by atoms with Gasteiger partial charge in [0.25, 0.3) is 0 Å². The smallest absolute Gasteiger partial charge is 0.232 e. The molecule has 190 valence electrons. The zero-order valence-corrected chi connectivity index (χ0v) is 21.3. The minimum absolute atomic E-state index is 0.126. The van der Waals surface area contributed by atoms with Gasteiger partial charge in [0.1, 0.15) is 17.2 Å². The van der Waals surface area contributed by atoms with Crippen LogP contribution in [0.3, 0.4) is 0 Å². The average Bonchev–Trinajstić information content (AvgIpc) is 3.23. The zero-order valence-electron chi connectivity index (χ0n) is 20.5. The highest BCUT2D eigenvalue weighted by atomic mass is 35.5. The summed E-state index contributed by atoms with van der Waals surface area (Å²) in [5, 5.41) is 11.5. The Kier molecular flexibility index (Phi) is 6.36. The molecule has 2 aromatic carbocycles. The zero-order chi connectivity index (χ0) is 25.5. The Morgan fingerprint density at radius 3 is 2.97 bits per heavy atom. The Morgan fingerprint density at radius 2 is 2.14 bits per heavy atom. The van der Waals surface area contributed by atoms with Crippen LogP contribution in [0.4, 0.5) is 0 Å². The first-order chi connectivity index (χ1) is 18.0. The second-order valence-electron chi connectivity index (χ2n) is 9.70. The third-order valence-electron chi connectivity index (χ3n) is 7.25. The number of aryl methyl sites for hydroxylation is 1. The summed E-state index contributed by atoms with van der Waals surface area (Å²) in [6.07, 6.45) is 8.56. The maximum atomic E-state index is 13.5. The van der Waals surface area contributed by atoms with E-state index in [0.29, 0.717) is 51.9 Å². The lowest BCUT2D eigenvalue weighted by atomic mass is 9.94. The van der Waals surface area contributed by atoms with Crippen molar-refractivity contribution in [2.75, 3.05) is 13.3 Å². The fourth-order valence-corrected chi connectivity index (χ4v) is 5.77. The molecule has 0 unspecified atom stereocenters. The van der Waals surface area contributed by atoms with Crippen molar-refractivity contribution in [2.45, 2.75) is 45.4 Å². The Bertz CT molecular complexity index is 1410. The lowest BCUT2D eigenvalue weighted by Gasteiger charge is -2.36. The molecule has 0 aliphatic carbocycles. The van der Waals surface area contributed by atoms with Crippen LogP contribution >= 0.6 is 11.6 Å². The molecule has 7 nitrogen and oxygen atoms in total. The second kappa shape index (κ2) is 9.82. The fraction of sp³-hybridized carbons (Fsp3) is 0.310. The Balaban J connectivity index is 1.37. The first kappa shape index (κ1) is 24.0. The lowest BCUT2D eigenvalue weighted by molar-refractivity contribution is -0.0165. The van der Waals surface area contributed by atoms with E-state index in [4.69, 9.17) is 25.8 Å². The number of aromatic hydroxyl groups is 1. The highest BCUT2D eigenvalue weighted by Gasteiger charge is 2.35. The number of halogens is 1. The van der Waals surface area contributed by atoms with Gasteiger partial charge in [0.05, 0.1) is 17.7 Å². The van der Waals surface area contributed by atoms with E-state index < -0.39 is 0 Å².